The molecule has 0 radical (unpaired) electrons. The molecule has 0 aromatic carbocycles. The lowest BCUT2D eigenvalue weighted by atomic mass is 10.00. The molecule has 0 bridgehead atoms. The van der Waals surface area contributed by atoms with Crippen molar-refractivity contribution in [2.45, 2.75) is 32.2 Å². The van der Waals surface area contributed by atoms with E-state index in [-0.39, 0.29) is 0 Å². The number of nitrogens with zero attached hydrogens (tertiary/aromatic N) is 1. The largest absolute Gasteiger partial charge is 0.309 e. The number of allylic oxidation sites excluding steroid dienone is 3. The van der Waals surface area contributed by atoms with Crippen molar-refractivity contribution in [3.8, 4) is 0 Å². The fraction of sp³-hybridized carbons (Fsp3) is 0.692. The van der Waals surface area contributed by atoms with Crippen LogP contribution in [-0.2, 0) is 0 Å². The topological polar surface area (TPSA) is 15.3 Å². The van der Waals surface area contributed by atoms with Gasteiger partial charge in [0, 0.05) is 19.1 Å². The minimum absolute atomic E-state index is 0.710. The van der Waals surface area contributed by atoms with E-state index < -0.39 is 0 Å². The molecule has 1 saturated heterocycles. The van der Waals surface area contributed by atoms with E-state index in [0.717, 1.165) is 6.54 Å². The maximum atomic E-state index is 3.67. The third-order valence-corrected chi connectivity index (χ3v) is 3.37. The van der Waals surface area contributed by atoms with Crippen molar-refractivity contribution in [3.63, 3.8) is 0 Å². The molecular formula is C13H22N2. The number of likely N-dealkylation sites (tertiary alicyclic amines) is 1. The Morgan fingerprint density at radius 2 is 2.40 bits per heavy atom. The lowest BCUT2D eigenvalue weighted by molar-refractivity contribution is 0.400. The smallest absolute Gasteiger partial charge is 0.0210 e. The first-order chi connectivity index (χ1) is 7.24. The van der Waals surface area contributed by atoms with Crippen LogP contribution in [-0.4, -0.2) is 37.6 Å². The molecule has 2 nitrogen and oxygen atoms in total. The molecule has 15 heavy (non-hydrogen) atoms. The van der Waals surface area contributed by atoms with Crippen molar-refractivity contribution < 1.29 is 0 Å². The molecular weight excluding hydrogens is 184 g/mol. The number of likely N-dealkylation sites (N-methyl/N-ethyl adjacent to an activating group) is 1. The van der Waals surface area contributed by atoms with Crippen molar-refractivity contribution >= 4 is 0 Å². The first-order valence-electron chi connectivity index (χ1n) is 6.02. The Kier molecular flexibility index (Phi) is 3.60. The fourth-order valence-corrected chi connectivity index (χ4v) is 2.45. The minimum atomic E-state index is 0.710. The van der Waals surface area contributed by atoms with Crippen LogP contribution in [0.15, 0.2) is 23.3 Å². The first kappa shape index (κ1) is 10.9. The van der Waals surface area contributed by atoms with Gasteiger partial charge >= 0.3 is 0 Å². The van der Waals surface area contributed by atoms with Crippen molar-refractivity contribution in [3.05, 3.63) is 23.3 Å². The van der Waals surface area contributed by atoms with Gasteiger partial charge in [-0.25, -0.2) is 0 Å². The summed E-state index contributed by atoms with van der Waals surface area (Å²) in [6, 6.07) is 0.710. The van der Waals surface area contributed by atoms with E-state index in [4.69, 9.17) is 0 Å². The molecule has 2 aliphatic rings. The van der Waals surface area contributed by atoms with E-state index in [0.29, 0.717) is 6.04 Å². The minimum Gasteiger partial charge on any atom is -0.309 e. The van der Waals surface area contributed by atoms with Gasteiger partial charge in [0.05, 0.1) is 0 Å². The SMILES string of the molecule is CC1=CCCC(CNC2CCN(C)C2)=C1. The quantitative estimate of drug-likeness (QED) is 0.759. The van der Waals surface area contributed by atoms with Gasteiger partial charge in [0.1, 0.15) is 0 Å². The molecule has 2 rings (SSSR count). The Morgan fingerprint density at radius 1 is 1.53 bits per heavy atom. The second-order valence-electron chi connectivity index (χ2n) is 4.92. The molecule has 1 N–H and O–H groups in total. The summed E-state index contributed by atoms with van der Waals surface area (Å²) in [7, 11) is 2.20. The number of nitrogens with one attached hydrogen (secondary N) is 1. The monoisotopic (exact) mass is 206 g/mol. The van der Waals surface area contributed by atoms with Crippen molar-refractivity contribution in [1.82, 2.24) is 10.2 Å². The lowest BCUT2D eigenvalue weighted by Gasteiger charge is -2.16. The van der Waals surface area contributed by atoms with Crippen molar-refractivity contribution in [2.75, 3.05) is 26.7 Å². The van der Waals surface area contributed by atoms with Gasteiger partial charge in [-0.05, 0) is 39.8 Å². The van der Waals surface area contributed by atoms with Crippen LogP contribution >= 0.6 is 0 Å². The molecule has 84 valence electrons. The Balaban J connectivity index is 1.76. The standard InChI is InChI=1S/C13H22N2/c1-11-4-3-5-12(8-11)9-14-13-6-7-15(2)10-13/h4,8,13-14H,3,5-7,9-10H2,1-2H3. The normalized spacial score (nSPS) is 27.7. The highest BCUT2D eigenvalue weighted by Crippen LogP contribution is 2.16. The molecule has 1 atom stereocenters. The highest BCUT2D eigenvalue weighted by Gasteiger charge is 2.18. The highest BCUT2D eigenvalue weighted by molar-refractivity contribution is 5.26. The predicted molar refractivity (Wildman–Crippen MR) is 65.0 cm³/mol. The maximum absolute atomic E-state index is 3.67. The van der Waals surface area contributed by atoms with Gasteiger partial charge in [-0.15, -0.1) is 0 Å². The molecule has 0 aromatic heterocycles. The average molecular weight is 206 g/mol. The van der Waals surface area contributed by atoms with E-state index >= 15 is 0 Å². The zero-order valence-electron chi connectivity index (χ0n) is 9.92. The first-order valence-corrected chi connectivity index (χ1v) is 6.02. The molecule has 1 unspecified atom stereocenters. The van der Waals surface area contributed by atoms with Gasteiger partial charge in [-0.1, -0.05) is 23.3 Å². The summed E-state index contributed by atoms with van der Waals surface area (Å²) in [5.74, 6) is 0. The van der Waals surface area contributed by atoms with Gasteiger partial charge in [0.15, 0.2) is 0 Å². The molecule has 2 heteroatoms. The third kappa shape index (κ3) is 3.18. The van der Waals surface area contributed by atoms with Crippen LogP contribution in [0.3, 0.4) is 0 Å². The molecule has 0 spiro atoms. The van der Waals surface area contributed by atoms with Gasteiger partial charge in [0.2, 0.25) is 0 Å². The second-order valence-corrected chi connectivity index (χ2v) is 4.92. The molecule has 1 aliphatic carbocycles. The van der Waals surface area contributed by atoms with Gasteiger partial charge in [-0.3, -0.25) is 0 Å². The predicted octanol–water partition coefficient (Wildman–Crippen LogP) is 1.95. The third-order valence-electron chi connectivity index (χ3n) is 3.37. The maximum Gasteiger partial charge on any atom is 0.0210 e. The zero-order valence-corrected chi connectivity index (χ0v) is 9.92. The summed E-state index contributed by atoms with van der Waals surface area (Å²) in [5, 5.41) is 3.67. The number of hydrogen-bond acceptors (Lipinski definition) is 2. The Morgan fingerprint density at radius 3 is 3.07 bits per heavy atom. The van der Waals surface area contributed by atoms with E-state index in [1.165, 1.54) is 37.9 Å². The Bertz CT molecular complexity index is 278. The molecule has 0 amide bonds. The molecule has 0 saturated carbocycles. The molecule has 1 aliphatic heterocycles. The van der Waals surface area contributed by atoms with E-state index in [1.54, 1.807) is 5.57 Å². The lowest BCUT2D eigenvalue weighted by Crippen LogP contribution is -2.33. The van der Waals surface area contributed by atoms with Crippen LogP contribution in [0, 0.1) is 0 Å². The van der Waals surface area contributed by atoms with Crippen LogP contribution in [0.1, 0.15) is 26.2 Å². The van der Waals surface area contributed by atoms with Gasteiger partial charge in [-0.2, -0.15) is 0 Å². The molecule has 1 heterocycles. The van der Waals surface area contributed by atoms with Crippen LogP contribution in [0.4, 0.5) is 0 Å². The zero-order chi connectivity index (χ0) is 10.7. The summed E-state index contributed by atoms with van der Waals surface area (Å²) in [6.45, 7) is 5.74. The van der Waals surface area contributed by atoms with Crippen LogP contribution < -0.4 is 5.32 Å². The molecule has 0 aromatic rings. The van der Waals surface area contributed by atoms with Crippen LogP contribution in [0.5, 0.6) is 0 Å². The summed E-state index contributed by atoms with van der Waals surface area (Å²) in [6.07, 6.45) is 8.44. The van der Waals surface area contributed by atoms with Crippen molar-refractivity contribution in [2.24, 2.45) is 0 Å². The highest BCUT2D eigenvalue weighted by atomic mass is 15.2. The van der Waals surface area contributed by atoms with Gasteiger partial charge < -0.3 is 10.2 Å². The van der Waals surface area contributed by atoms with E-state index in [1.807, 2.05) is 0 Å². The number of hydrogen-bond donors (Lipinski definition) is 1. The summed E-state index contributed by atoms with van der Waals surface area (Å²) in [5.41, 5.74) is 3.01. The molecule has 1 fully saturated rings. The summed E-state index contributed by atoms with van der Waals surface area (Å²) < 4.78 is 0. The van der Waals surface area contributed by atoms with E-state index in [2.05, 4.69) is 36.3 Å². The van der Waals surface area contributed by atoms with Gasteiger partial charge in [0.25, 0.3) is 0 Å². The second kappa shape index (κ2) is 4.95. The number of rotatable bonds is 3. The van der Waals surface area contributed by atoms with Crippen molar-refractivity contribution in [1.29, 1.82) is 0 Å². The fourth-order valence-electron chi connectivity index (χ4n) is 2.45. The summed E-state index contributed by atoms with van der Waals surface area (Å²) in [4.78, 5) is 2.40. The Hall–Kier alpha value is -0.600. The van der Waals surface area contributed by atoms with Crippen LogP contribution in [0.2, 0.25) is 0 Å². The summed E-state index contributed by atoms with van der Waals surface area (Å²) >= 11 is 0. The average Bonchev–Trinajstić information content (AvgIpc) is 2.62. The Labute approximate surface area is 93.0 Å². The van der Waals surface area contributed by atoms with Crippen LogP contribution in [0.25, 0.3) is 0 Å². The van der Waals surface area contributed by atoms with E-state index in [9.17, 15) is 0 Å².